The minimum atomic E-state index is -4.71. The van der Waals surface area contributed by atoms with E-state index < -0.39 is 22.5 Å². The number of nitro benzene ring substituents is 1. The molecule has 0 amide bonds. The van der Waals surface area contributed by atoms with Crippen LogP contribution in [0.1, 0.15) is 11.1 Å². The maximum atomic E-state index is 13.6. The third-order valence-electron chi connectivity index (χ3n) is 4.51. The Bertz CT molecular complexity index is 1140. The first-order valence-electron chi connectivity index (χ1n) is 8.78. The standard InChI is InChI=1S/C20H15F3N6O2/c1-27(14-7-9-16(10-8-14)29(30)31)18-17(20(21,22)23)12-25-19(26-18)28(2)15-5-3-13(11-24)4-6-15/h3-10,12H,1-2H3. The Balaban J connectivity index is 2.04. The highest BCUT2D eigenvalue weighted by Crippen LogP contribution is 2.38. The number of aromatic nitrogens is 2. The molecule has 0 unspecified atom stereocenters. The molecule has 0 saturated heterocycles. The number of halogens is 3. The molecule has 0 bridgehead atoms. The fourth-order valence-electron chi connectivity index (χ4n) is 2.78. The van der Waals surface area contributed by atoms with Crippen molar-refractivity contribution in [1.82, 2.24) is 9.97 Å². The van der Waals surface area contributed by atoms with Crippen molar-refractivity contribution in [2.24, 2.45) is 0 Å². The van der Waals surface area contributed by atoms with Gasteiger partial charge in [0, 0.05) is 43.8 Å². The molecule has 3 rings (SSSR count). The quantitative estimate of drug-likeness (QED) is 0.425. The summed E-state index contributed by atoms with van der Waals surface area (Å²) in [5.41, 5.74) is 0.0519. The number of rotatable bonds is 5. The number of nitro groups is 1. The third-order valence-corrected chi connectivity index (χ3v) is 4.51. The van der Waals surface area contributed by atoms with Gasteiger partial charge in [-0.3, -0.25) is 10.1 Å². The summed E-state index contributed by atoms with van der Waals surface area (Å²) in [6.07, 6.45) is -4.02. The molecule has 0 atom stereocenters. The first-order chi connectivity index (χ1) is 14.6. The van der Waals surface area contributed by atoms with Gasteiger partial charge in [0.1, 0.15) is 5.56 Å². The molecule has 2 aromatic carbocycles. The smallest absolute Gasteiger partial charge is 0.329 e. The summed E-state index contributed by atoms with van der Waals surface area (Å²) in [6, 6.07) is 13.4. The summed E-state index contributed by atoms with van der Waals surface area (Å²) < 4.78 is 40.8. The number of nitriles is 1. The van der Waals surface area contributed by atoms with Crippen LogP contribution in [0.15, 0.2) is 54.7 Å². The average molecular weight is 428 g/mol. The van der Waals surface area contributed by atoms with Crippen LogP contribution < -0.4 is 9.80 Å². The van der Waals surface area contributed by atoms with Crippen LogP contribution in [0.5, 0.6) is 0 Å². The summed E-state index contributed by atoms with van der Waals surface area (Å²) in [4.78, 5) is 20.9. The minimum absolute atomic E-state index is 0.00136. The first-order valence-corrected chi connectivity index (χ1v) is 8.78. The molecule has 8 nitrogen and oxygen atoms in total. The van der Waals surface area contributed by atoms with Crippen LogP contribution in [0.25, 0.3) is 0 Å². The van der Waals surface area contributed by atoms with E-state index in [0.717, 1.165) is 0 Å². The van der Waals surface area contributed by atoms with Gasteiger partial charge in [0.2, 0.25) is 5.95 Å². The van der Waals surface area contributed by atoms with Crippen LogP contribution >= 0.6 is 0 Å². The SMILES string of the molecule is CN(c1ccc(C#N)cc1)c1ncc(C(F)(F)F)c(N(C)c2ccc([N+](=O)[O-])cc2)n1. The summed E-state index contributed by atoms with van der Waals surface area (Å²) in [7, 11) is 2.96. The van der Waals surface area contributed by atoms with E-state index in [-0.39, 0.29) is 17.3 Å². The summed E-state index contributed by atoms with van der Waals surface area (Å²) in [5.74, 6) is -0.409. The number of benzene rings is 2. The van der Waals surface area contributed by atoms with Gasteiger partial charge in [-0.25, -0.2) is 4.98 Å². The van der Waals surface area contributed by atoms with Crippen molar-refractivity contribution in [3.63, 3.8) is 0 Å². The van der Waals surface area contributed by atoms with E-state index in [9.17, 15) is 23.3 Å². The van der Waals surface area contributed by atoms with Gasteiger partial charge < -0.3 is 9.80 Å². The molecule has 1 heterocycles. The largest absolute Gasteiger partial charge is 0.421 e. The van der Waals surface area contributed by atoms with Crippen LogP contribution in [-0.4, -0.2) is 29.0 Å². The zero-order chi connectivity index (χ0) is 22.8. The number of hydrogen-bond acceptors (Lipinski definition) is 7. The van der Waals surface area contributed by atoms with Gasteiger partial charge in [0.05, 0.1) is 16.6 Å². The monoisotopic (exact) mass is 428 g/mol. The number of anilines is 4. The summed E-state index contributed by atoms with van der Waals surface area (Å²) in [5, 5.41) is 19.7. The van der Waals surface area contributed by atoms with E-state index >= 15 is 0 Å². The molecule has 0 aliphatic carbocycles. The Hall–Kier alpha value is -4.20. The van der Waals surface area contributed by atoms with Crippen molar-refractivity contribution >= 4 is 28.8 Å². The maximum Gasteiger partial charge on any atom is 0.421 e. The van der Waals surface area contributed by atoms with Gasteiger partial charge in [0.25, 0.3) is 5.69 Å². The van der Waals surface area contributed by atoms with Crippen molar-refractivity contribution in [1.29, 1.82) is 5.26 Å². The average Bonchev–Trinajstić information content (AvgIpc) is 2.77. The second-order valence-corrected chi connectivity index (χ2v) is 6.46. The van der Waals surface area contributed by atoms with Crippen LogP contribution in [0.3, 0.4) is 0 Å². The highest BCUT2D eigenvalue weighted by molar-refractivity contribution is 5.66. The van der Waals surface area contributed by atoms with Crippen molar-refractivity contribution in [2.45, 2.75) is 6.18 Å². The van der Waals surface area contributed by atoms with Gasteiger partial charge in [-0.15, -0.1) is 0 Å². The second kappa shape index (κ2) is 8.27. The van der Waals surface area contributed by atoms with Gasteiger partial charge in [-0.2, -0.15) is 23.4 Å². The molecule has 3 aromatic rings. The lowest BCUT2D eigenvalue weighted by Crippen LogP contribution is -2.21. The molecule has 11 heteroatoms. The molecule has 158 valence electrons. The van der Waals surface area contributed by atoms with Crippen LogP contribution in [-0.2, 0) is 6.18 Å². The predicted molar refractivity (Wildman–Crippen MR) is 107 cm³/mol. The fraction of sp³-hybridized carbons (Fsp3) is 0.150. The predicted octanol–water partition coefficient (Wildman–Crippen LogP) is 4.81. The number of hydrogen-bond donors (Lipinski definition) is 0. The molecule has 0 fully saturated rings. The zero-order valence-corrected chi connectivity index (χ0v) is 16.3. The molecule has 0 radical (unpaired) electrons. The van der Waals surface area contributed by atoms with E-state index in [1.54, 1.807) is 31.3 Å². The zero-order valence-electron chi connectivity index (χ0n) is 16.3. The molecule has 0 saturated carbocycles. The van der Waals surface area contributed by atoms with Gasteiger partial charge in [-0.1, -0.05) is 0 Å². The number of alkyl halides is 3. The molecule has 0 aliphatic rings. The lowest BCUT2D eigenvalue weighted by molar-refractivity contribution is -0.384. The van der Waals surface area contributed by atoms with Crippen molar-refractivity contribution < 1.29 is 18.1 Å². The lowest BCUT2D eigenvalue weighted by Gasteiger charge is -2.25. The number of non-ortho nitro benzene ring substituents is 1. The van der Waals surface area contributed by atoms with Crippen LogP contribution in [0, 0.1) is 21.4 Å². The van der Waals surface area contributed by atoms with Crippen molar-refractivity contribution in [3.8, 4) is 6.07 Å². The molecule has 1 aromatic heterocycles. The molecular formula is C20H15F3N6O2. The highest BCUT2D eigenvalue weighted by Gasteiger charge is 2.37. The van der Waals surface area contributed by atoms with E-state index in [1.165, 1.54) is 41.1 Å². The molecular weight excluding hydrogens is 413 g/mol. The van der Waals surface area contributed by atoms with Crippen LogP contribution in [0.2, 0.25) is 0 Å². The minimum Gasteiger partial charge on any atom is -0.329 e. The van der Waals surface area contributed by atoms with Crippen LogP contribution in [0.4, 0.5) is 42.0 Å². The lowest BCUT2D eigenvalue weighted by atomic mass is 10.2. The Kier molecular flexibility index (Phi) is 5.74. The topological polar surface area (TPSA) is 99.2 Å². The van der Waals surface area contributed by atoms with E-state index in [1.807, 2.05) is 6.07 Å². The van der Waals surface area contributed by atoms with Crippen molar-refractivity contribution in [2.75, 3.05) is 23.9 Å². The molecule has 0 N–H and O–H groups in total. The highest BCUT2D eigenvalue weighted by atomic mass is 19.4. The molecule has 0 spiro atoms. The normalized spacial score (nSPS) is 11.0. The first kappa shape index (κ1) is 21.5. The van der Waals surface area contributed by atoms with Gasteiger partial charge in [-0.05, 0) is 36.4 Å². The molecule has 0 aliphatic heterocycles. The van der Waals surface area contributed by atoms with Crippen molar-refractivity contribution in [3.05, 3.63) is 76.0 Å². The Morgan fingerprint density at radius 3 is 2.06 bits per heavy atom. The second-order valence-electron chi connectivity index (χ2n) is 6.46. The van der Waals surface area contributed by atoms with E-state index in [0.29, 0.717) is 17.4 Å². The van der Waals surface area contributed by atoms with Gasteiger partial charge in [0.15, 0.2) is 5.82 Å². The Morgan fingerprint density at radius 1 is 1.00 bits per heavy atom. The summed E-state index contributed by atoms with van der Waals surface area (Å²) in [6.45, 7) is 0. The fourth-order valence-corrected chi connectivity index (χ4v) is 2.78. The Labute approximate surface area is 175 Å². The molecule has 31 heavy (non-hydrogen) atoms. The van der Waals surface area contributed by atoms with Gasteiger partial charge >= 0.3 is 6.18 Å². The number of nitrogens with zero attached hydrogens (tertiary/aromatic N) is 6. The van der Waals surface area contributed by atoms with E-state index in [4.69, 9.17) is 5.26 Å². The van der Waals surface area contributed by atoms with E-state index in [2.05, 4.69) is 9.97 Å². The maximum absolute atomic E-state index is 13.6. The summed E-state index contributed by atoms with van der Waals surface area (Å²) >= 11 is 0. The third kappa shape index (κ3) is 4.53. The Morgan fingerprint density at radius 2 is 1.55 bits per heavy atom.